The largest absolute Gasteiger partial charge is 0.378 e. The van der Waals surface area contributed by atoms with Gasteiger partial charge in [0.15, 0.2) is 0 Å². The molecule has 0 unspecified atom stereocenters. The molecular formula is C17H32N2O5S. The van der Waals surface area contributed by atoms with E-state index in [-0.39, 0.29) is 24.0 Å². The molecule has 0 spiro atoms. The van der Waals surface area contributed by atoms with Crippen molar-refractivity contribution in [1.82, 2.24) is 9.62 Å². The van der Waals surface area contributed by atoms with Gasteiger partial charge in [0.1, 0.15) is 0 Å². The molecule has 1 amide bonds. The van der Waals surface area contributed by atoms with Crippen LogP contribution in [-0.2, 0) is 24.3 Å². The van der Waals surface area contributed by atoms with Gasteiger partial charge in [-0.05, 0) is 39.5 Å². The van der Waals surface area contributed by atoms with Crippen LogP contribution < -0.4 is 4.72 Å². The molecule has 2 fully saturated rings. The minimum absolute atomic E-state index is 0.0974. The van der Waals surface area contributed by atoms with Crippen LogP contribution in [0.5, 0.6) is 0 Å². The van der Waals surface area contributed by atoms with E-state index >= 15 is 0 Å². The topological polar surface area (TPSA) is 84.9 Å². The third kappa shape index (κ3) is 5.64. The molecule has 3 atom stereocenters. The zero-order chi connectivity index (χ0) is 18.4. The Morgan fingerprint density at radius 1 is 1.28 bits per heavy atom. The van der Waals surface area contributed by atoms with Crippen molar-refractivity contribution in [3.8, 4) is 0 Å². The Morgan fingerprint density at radius 3 is 2.56 bits per heavy atom. The average molecular weight is 377 g/mol. The summed E-state index contributed by atoms with van der Waals surface area (Å²) in [6, 6.07) is -0.257. The molecule has 0 aromatic heterocycles. The fourth-order valence-electron chi connectivity index (χ4n) is 3.33. The molecule has 7 nitrogen and oxygen atoms in total. The standard InChI is InChI=1S/C17H32N2O5S/c1-4-9-24-16-12-14(17(20)19-7-10-23-11-8-19)5-6-15(16)18-25(21,22)13(2)3/h13-16,18H,4-12H2,1-3H3/t14-,15-,16-/m0/s1. The molecule has 1 N–H and O–H groups in total. The number of rotatable bonds is 7. The van der Waals surface area contributed by atoms with E-state index in [4.69, 9.17) is 9.47 Å². The number of amides is 1. The predicted octanol–water partition coefficient (Wildman–Crippen LogP) is 1.14. The lowest BCUT2D eigenvalue weighted by molar-refractivity contribution is -0.143. The number of carbonyl (C=O) groups excluding carboxylic acids is 1. The summed E-state index contributed by atoms with van der Waals surface area (Å²) >= 11 is 0. The van der Waals surface area contributed by atoms with Gasteiger partial charge in [0.05, 0.1) is 24.6 Å². The summed E-state index contributed by atoms with van der Waals surface area (Å²) in [6.07, 6.45) is 2.50. The molecule has 1 heterocycles. The summed E-state index contributed by atoms with van der Waals surface area (Å²) in [6.45, 7) is 8.37. The molecule has 0 radical (unpaired) electrons. The van der Waals surface area contributed by atoms with Gasteiger partial charge < -0.3 is 14.4 Å². The van der Waals surface area contributed by atoms with Crippen molar-refractivity contribution in [2.45, 2.75) is 63.9 Å². The molecular weight excluding hydrogens is 344 g/mol. The normalized spacial score (nSPS) is 28.3. The van der Waals surface area contributed by atoms with Gasteiger partial charge in [0.2, 0.25) is 15.9 Å². The van der Waals surface area contributed by atoms with Gasteiger partial charge in [-0.25, -0.2) is 13.1 Å². The summed E-state index contributed by atoms with van der Waals surface area (Å²) in [7, 11) is -3.36. The second-order valence-electron chi connectivity index (χ2n) is 7.17. The maximum absolute atomic E-state index is 12.7. The Balaban J connectivity index is 2.01. The highest BCUT2D eigenvalue weighted by molar-refractivity contribution is 7.90. The predicted molar refractivity (Wildman–Crippen MR) is 95.8 cm³/mol. The maximum atomic E-state index is 12.7. The zero-order valence-electron chi connectivity index (χ0n) is 15.6. The van der Waals surface area contributed by atoms with Crippen LogP contribution in [0.1, 0.15) is 46.5 Å². The molecule has 1 saturated heterocycles. The van der Waals surface area contributed by atoms with E-state index in [0.29, 0.717) is 52.2 Å². The molecule has 1 aliphatic carbocycles. The van der Waals surface area contributed by atoms with Crippen molar-refractivity contribution >= 4 is 15.9 Å². The Kier molecular flexibility index (Phi) is 7.67. The number of hydrogen-bond acceptors (Lipinski definition) is 5. The van der Waals surface area contributed by atoms with E-state index in [2.05, 4.69) is 4.72 Å². The first-order valence-electron chi connectivity index (χ1n) is 9.34. The fraction of sp³-hybridized carbons (Fsp3) is 0.941. The number of hydrogen-bond donors (Lipinski definition) is 1. The molecule has 146 valence electrons. The molecule has 2 aliphatic rings. The molecule has 1 saturated carbocycles. The minimum atomic E-state index is -3.36. The molecule has 0 bridgehead atoms. The van der Waals surface area contributed by atoms with Crippen LogP contribution in [0.3, 0.4) is 0 Å². The summed E-state index contributed by atoms with van der Waals surface area (Å²) in [5, 5.41) is -0.480. The van der Waals surface area contributed by atoms with Crippen molar-refractivity contribution in [3.05, 3.63) is 0 Å². The quantitative estimate of drug-likeness (QED) is 0.720. The molecule has 8 heteroatoms. The van der Waals surface area contributed by atoms with Crippen LogP contribution in [0.25, 0.3) is 0 Å². The van der Waals surface area contributed by atoms with Gasteiger partial charge in [-0.15, -0.1) is 0 Å². The zero-order valence-corrected chi connectivity index (χ0v) is 16.4. The van der Waals surface area contributed by atoms with Crippen LogP contribution in [0, 0.1) is 5.92 Å². The van der Waals surface area contributed by atoms with Crippen LogP contribution >= 0.6 is 0 Å². The number of sulfonamides is 1. The van der Waals surface area contributed by atoms with Crippen molar-refractivity contribution in [2.24, 2.45) is 5.92 Å². The number of nitrogens with one attached hydrogen (secondary N) is 1. The molecule has 0 aromatic carbocycles. The van der Waals surface area contributed by atoms with Crippen molar-refractivity contribution in [1.29, 1.82) is 0 Å². The van der Waals surface area contributed by atoms with Crippen LogP contribution in [0.15, 0.2) is 0 Å². The van der Waals surface area contributed by atoms with Crippen LogP contribution in [0.4, 0.5) is 0 Å². The number of carbonyl (C=O) groups is 1. The Labute approximate surface area is 151 Å². The first-order chi connectivity index (χ1) is 11.8. The summed E-state index contributed by atoms with van der Waals surface area (Å²) in [5.74, 6) is 0.0540. The van der Waals surface area contributed by atoms with Crippen LogP contribution in [0.2, 0.25) is 0 Å². The average Bonchev–Trinajstić information content (AvgIpc) is 2.60. The lowest BCUT2D eigenvalue weighted by atomic mass is 9.83. The Morgan fingerprint density at radius 2 is 1.96 bits per heavy atom. The maximum Gasteiger partial charge on any atom is 0.225 e. The molecule has 0 aromatic rings. The first-order valence-corrected chi connectivity index (χ1v) is 10.9. The van der Waals surface area contributed by atoms with Gasteiger partial charge in [-0.2, -0.15) is 0 Å². The number of ether oxygens (including phenoxy) is 2. The van der Waals surface area contributed by atoms with Gasteiger partial charge >= 0.3 is 0 Å². The summed E-state index contributed by atoms with van der Waals surface area (Å²) < 4.78 is 38.5. The van der Waals surface area contributed by atoms with E-state index in [1.165, 1.54) is 0 Å². The van der Waals surface area contributed by atoms with Gasteiger partial charge in [0, 0.05) is 31.7 Å². The molecule has 2 rings (SSSR count). The van der Waals surface area contributed by atoms with Gasteiger partial charge in [-0.3, -0.25) is 4.79 Å². The summed E-state index contributed by atoms with van der Waals surface area (Å²) in [4.78, 5) is 14.6. The van der Waals surface area contributed by atoms with Crippen molar-refractivity contribution in [2.75, 3.05) is 32.9 Å². The van der Waals surface area contributed by atoms with Gasteiger partial charge in [-0.1, -0.05) is 6.92 Å². The highest BCUT2D eigenvalue weighted by Gasteiger charge is 2.38. The summed E-state index contributed by atoms with van der Waals surface area (Å²) in [5.41, 5.74) is 0. The fourth-order valence-corrected chi connectivity index (χ4v) is 4.29. The highest BCUT2D eigenvalue weighted by Crippen LogP contribution is 2.29. The van der Waals surface area contributed by atoms with E-state index in [9.17, 15) is 13.2 Å². The number of morpholine rings is 1. The Hall–Kier alpha value is -0.700. The third-order valence-electron chi connectivity index (χ3n) is 4.94. The first kappa shape index (κ1) is 20.6. The third-order valence-corrected chi connectivity index (χ3v) is 6.81. The van der Waals surface area contributed by atoms with Crippen molar-refractivity contribution < 1.29 is 22.7 Å². The minimum Gasteiger partial charge on any atom is -0.378 e. The highest BCUT2D eigenvalue weighted by atomic mass is 32.2. The van der Waals surface area contributed by atoms with E-state index < -0.39 is 15.3 Å². The Bertz CT molecular complexity index is 531. The van der Waals surface area contributed by atoms with E-state index in [0.717, 1.165) is 6.42 Å². The molecule has 25 heavy (non-hydrogen) atoms. The lowest BCUT2D eigenvalue weighted by Gasteiger charge is -2.38. The van der Waals surface area contributed by atoms with E-state index in [1.807, 2.05) is 11.8 Å². The van der Waals surface area contributed by atoms with Crippen molar-refractivity contribution in [3.63, 3.8) is 0 Å². The second kappa shape index (κ2) is 9.30. The van der Waals surface area contributed by atoms with Gasteiger partial charge in [0.25, 0.3) is 0 Å². The van der Waals surface area contributed by atoms with Crippen LogP contribution in [-0.4, -0.2) is 69.5 Å². The lowest BCUT2D eigenvalue weighted by Crippen LogP contribution is -2.52. The number of nitrogens with zero attached hydrogens (tertiary/aromatic N) is 1. The monoisotopic (exact) mass is 376 g/mol. The molecule has 1 aliphatic heterocycles. The smallest absolute Gasteiger partial charge is 0.225 e. The SMILES string of the molecule is CCCO[C@H]1C[C@@H](C(=O)N2CCOCC2)CC[C@@H]1NS(=O)(=O)C(C)C. The van der Waals surface area contributed by atoms with E-state index in [1.54, 1.807) is 13.8 Å². The second-order valence-corrected chi connectivity index (χ2v) is 9.44.